The van der Waals surface area contributed by atoms with Gasteiger partial charge in [-0.3, -0.25) is 0 Å². The van der Waals surface area contributed by atoms with Crippen LogP contribution in [0.15, 0.2) is 18.6 Å². The topological polar surface area (TPSA) is 56.7 Å². The summed E-state index contributed by atoms with van der Waals surface area (Å²) in [6.07, 6.45) is 8.19. The van der Waals surface area contributed by atoms with Crippen LogP contribution >= 0.6 is 0 Å². The highest BCUT2D eigenvalue weighted by Crippen LogP contribution is 2.33. The van der Waals surface area contributed by atoms with Crippen LogP contribution < -0.4 is 4.90 Å². The fourth-order valence-corrected chi connectivity index (χ4v) is 3.95. The molecule has 3 fully saturated rings. The van der Waals surface area contributed by atoms with Gasteiger partial charge in [0.05, 0.1) is 12.6 Å². The maximum atomic E-state index is 6.30. The van der Waals surface area contributed by atoms with Gasteiger partial charge < -0.3 is 19.1 Å². The van der Waals surface area contributed by atoms with E-state index in [4.69, 9.17) is 14.2 Å². The highest BCUT2D eigenvalue weighted by Gasteiger charge is 2.45. The molecule has 0 N–H and O–H groups in total. The monoisotopic (exact) mass is 319 g/mol. The van der Waals surface area contributed by atoms with Crippen molar-refractivity contribution in [2.75, 3.05) is 37.9 Å². The lowest BCUT2D eigenvalue weighted by Crippen LogP contribution is -2.42. The van der Waals surface area contributed by atoms with Gasteiger partial charge in [-0.15, -0.1) is 0 Å². The number of hydrogen-bond acceptors (Lipinski definition) is 6. The average Bonchev–Trinajstić information content (AvgIpc) is 3.01. The van der Waals surface area contributed by atoms with Gasteiger partial charge in [0.25, 0.3) is 0 Å². The molecular formula is C17H25N3O3. The molecule has 0 saturated carbocycles. The van der Waals surface area contributed by atoms with Gasteiger partial charge in [-0.2, -0.15) is 0 Å². The van der Waals surface area contributed by atoms with Crippen molar-refractivity contribution in [3.63, 3.8) is 0 Å². The van der Waals surface area contributed by atoms with Crippen LogP contribution in [0.1, 0.15) is 25.7 Å². The number of fused-ring (bicyclic) bond motifs is 1. The molecule has 3 atom stereocenters. The van der Waals surface area contributed by atoms with Crippen LogP contribution in [-0.2, 0) is 14.2 Å². The Hall–Kier alpha value is -1.24. The third kappa shape index (κ3) is 3.34. The van der Waals surface area contributed by atoms with Crippen LogP contribution in [0.25, 0.3) is 0 Å². The highest BCUT2D eigenvalue weighted by atomic mass is 16.5. The Kier molecular flexibility index (Phi) is 4.73. The summed E-state index contributed by atoms with van der Waals surface area (Å²) >= 11 is 0. The summed E-state index contributed by atoms with van der Waals surface area (Å²) in [4.78, 5) is 10.8. The maximum absolute atomic E-state index is 6.30. The molecule has 6 nitrogen and oxygen atoms in total. The third-order valence-corrected chi connectivity index (χ3v) is 5.22. The predicted octanol–water partition coefficient (Wildman–Crippen LogP) is 1.66. The fraction of sp³-hybridized carbons (Fsp3) is 0.765. The van der Waals surface area contributed by atoms with E-state index < -0.39 is 0 Å². The minimum atomic E-state index is 0.137. The van der Waals surface area contributed by atoms with E-state index >= 15 is 0 Å². The minimum Gasteiger partial charge on any atom is -0.381 e. The van der Waals surface area contributed by atoms with E-state index in [0.717, 1.165) is 64.5 Å². The lowest BCUT2D eigenvalue weighted by molar-refractivity contribution is -0.0868. The van der Waals surface area contributed by atoms with E-state index in [1.54, 1.807) is 12.5 Å². The Balaban J connectivity index is 1.42. The molecule has 1 aromatic heterocycles. The number of aromatic nitrogens is 2. The van der Waals surface area contributed by atoms with Crippen LogP contribution in [0.4, 0.5) is 5.82 Å². The zero-order valence-corrected chi connectivity index (χ0v) is 13.5. The van der Waals surface area contributed by atoms with Crippen LogP contribution in [-0.4, -0.2) is 61.2 Å². The third-order valence-electron chi connectivity index (χ3n) is 5.22. The average molecular weight is 319 g/mol. The number of anilines is 1. The van der Waals surface area contributed by atoms with Gasteiger partial charge >= 0.3 is 0 Å². The minimum absolute atomic E-state index is 0.137. The Morgan fingerprint density at radius 2 is 2.13 bits per heavy atom. The SMILES string of the molecule is c1cc(N2C[C@@H](OCC3CCOCC3)[C@@H]3OCCC[C@@H]32)ncn1. The fourth-order valence-electron chi connectivity index (χ4n) is 3.95. The Morgan fingerprint density at radius 3 is 2.96 bits per heavy atom. The zero-order chi connectivity index (χ0) is 15.5. The summed E-state index contributed by atoms with van der Waals surface area (Å²) < 4.78 is 17.8. The summed E-state index contributed by atoms with van der Waals surface area (Å²) in [6.45, 7) is 4.26. The van der Waals surface area contributed by atoms with Gasteiger partial charge in [0.1, 0.15) is 24.4 Å². The van der Waals surface area contributed by atoms with Gasteiger partial charge in [-0.1, -0.05) is 0 Å². The van der Waals surface area contributed by atoms with Crippen LogP contribution in [0, 0.1) is 5.92 Å². The van der Waals surface area contributed by atoms with Crippen LogP contribution in [0.3, 0.4) is 0 Å². The lowest BCUT2D eigenvalue weighted by Gasteiger charge is -2.32. The van der Waals surface area contributed by atoms with E-state index in [0.29, 0.717) is 12.0 Å². The van der Waals surface area contributed by atoms with Crippen molar-refractivity contribution in [1.82, 2.24) is 9.97 Å². The smallest absolute Gasteiger partial charge is 0.132 e. The van der Waals surface area contributed by atoms with Crippen LogP contribution in [0.2, 0.25) is 0 Å². The summed E-state index contributed by atoms with van der Waals surface area (Å²) in [5.41, 5.74) is 0. The molecular weight excluding hydrogens is 294 g/mol. The number of rotatable bonds is 4. The second-order valence-corrected chi connectivity index (χ2v) is 6.69. The molecule has 0 unspecified atom stereocenters. The lowest BCUT2D eigenvalue weighted by atomic mass is 10.0. The highest BCUT2D eigenvalue weighted by molar-refractivity contribution is 5.41. The van der Waals surface area contributed by atoms with Crippen molar-refractivity contribution in [3.8, 4) is 0 Å². The first-order chi connectivity index (χ1) is 11.4. The first kappa shape index (κ1) is 15.3. The molecule has 0 spiro atoms. The van der Waals surface area contributed by atoms with Crippen molar-refractivity contribution in [2.24, 2.45) is 5.92 Å². The standard InChI is InChI=1S/C17H25N3O3/c1-2-14-17(22-7-1)15(23-11-13-4-8-21-9-5-13)10-20(14)16-3-6-18-12-19-16/h3,6,12-15,17H,1-2,4-5,7-11H2/t14-,15+,17+/m0/s1. The Bertz CT molecular complexity index is 495. The molecule has 3 aliphatic heterocycles. The molecule has 4 heterocycles. The molecule has 126 valence electrons. The van der Waals surface area contributed by atoms with Gasteiger partial charge in [0, 0.05) is 32.6 Å². The molecule has 4 rings (SSSR count). The van der Waals surface area contributed by atoms with E-state index in [9.17, 15) is 0 Å². The van der Waals surface area contributed by atoms with E-state index in [-0.39, 0.29) is 12.2 Å². The maximum Gasteiger partial charge on any atom is 0.132 e. The van der Waals surface area contributed by atoms with Crippen molar-refractivity contribution in [3.05, 3.63) is 18.6 Å². The first-order valence-electron chi connectivity index (χ1n) is 8.75. The zero-order valence-electron chi connectivity index (χ0n) is 13.5. The van der Waals surface area contributed by atoms with E-state index in [1.165, 1.54) is 0 Å². The summed E-state index contributed by atoms with van der Waals surface area (Å²) in [7, 11) is 0. The molecule has 1 aromatic rings. The molecule has 0 aliphatic carbocycles. The van der Waals surface area contributed by atoms with Crippen molar-refractivity contribution in [1.29, 1.82) is 0 Å². The summed E-state index contributed by atoms with van der Waals surface area (Å²) in [6, 6.07) is 2.35. The quantitative estimate of drug-likeness (QED) is 0.841. The number of hydrogen-bond donors (Lipinski definition) is 0. The first-order valence-corrected chi connectivity index (χ1v) is 8.75. The second-order valence-electron chi connectivity index (χ2n) is 6.69. The molecule has 23 heavy (non-hydrogen) atoms. The van der Waals surface area contributed by atoms with Gasteiger partial charge in [-0.25, -0.2) is 9.97 Å². The van der Waals surface area contributed by atoms with Crippen LogP contribution in [0.5, 0.6) is 0 Å². The van der Waals surface area contributed by atoms with Gasteiger partial charge in [-0.05, 0) is 37.7 Å². The van der Waals surface area contributed by atoms with E-state index in [1.807, 2.05) is 6.07 Å². The number of ether oxygens (including phenoxy) is 3. The van der Waals surface area contributed by atoms with Crippen molar-refractivity contribution >= 4 is 5.82 Å². The summed E-state index contributed by atoms with van der Waals surface area (Å²) in [5.74, 6) is 1.61. The predicted molar refractivity (Wildman–Crippen MR) is 85.4 cm³/mol. The molecule has 0 radical (unpaired) electrons. The molecule has 3 aliphatic rings. The molecule has 0 aromatic carbocycles. The molecule has 0 amide bonds. The van der Waals surface area contributed by atoms with Gasteiger partial charge in [0.2, 0.25) is 0 Å². The molecule has 3 saturated heterocycles. The largest absolute Gasteiger partial charge is 0.381 e. The number of nitrogens with zero attached hydrogens (tertiary/aromatic N) is 3. The summed E-state index contributed by atoms with van der Waals surface area (Å²) in [5, 5.41) is 0. The van der Waals surface area contributed by atoms with Gasteiger partial charge in [0.15, 0.2) is 0 Å². The Morgan fingerprint density at radius 1 is 1.22 bits per heavy atom. The van der Waals surface area contributed by atoms with E-state index in [2.05, 4.69) is 14.9 Å². The van der Waals surface area contributed by atoms with Crippen molar-refractivity contribution < 1.29 is 14.2 Å². The molecule has 6 heteroatoms. The van der Waals surface area contributed by atoms with Crippen molar-refractivity contribution in [2.45, 2.75) is 43.9 Å². The molecule has 0 bridgehead atoms. The normalized spacial score (nSPS) is 32.0. The second kappa shape index (κ2) is 7.11. The Labute approximate surface area is 137 Å².